The van der Waals surface area contributed by atoms with E-state index in [-0.39, 0.29) is 39.5 Å². The van der Waals surface area contributed by atoms with Crippen molar-refractivity contribution in [2.24, 2.45) is 5.73 Å². The first-order valence-electron chi connectivity index (χ1n) is 4.61. The van der Waals surface area contributed by atoms with Gasteiger partial charge in [-0.3, -0.25) is 0 Å². The quantitative estimate of drug-likeness (QED) is 0.563. The summed E-state index contributed by atoms with van der Waals surface area (Å²) in [6.07, 6.45) is -0.333. The van der Waals surface area contributed by atoms with Gasteiger partial charge >= 0.3 is 0 Å². The van der Waals surface area contributed by atoms with E-state index in [2.05, 4.69) is 0 Å². The molecule has 0 aromatic carbocycles. The minimum absolute atomic E-state index is 0. The predicted molar refractivity (Wildman–Crippen MR) is 58.7 cm³/mol. The van der Waals surface area contributed by atoms with Crippen LogP contribution in [0, 0.1) is 0 Å². The number of aliphatic hydroxyl groups excluding tert-OH is 2. The Morgan fingerprint density at radius 3 is 0.857 bits per heavy atom. The van der Waals surface area contributed by atoms with Gasteiger partial charge in [0.25, 0.3) is 0 Å². The van der Waals surface area contributed by atoms with Crippen LogP contribution in [0.25, 0.3) is 0 Å². The van der Waals surface area contributed by atoms with E-state index in [1.165, 1.54) is 0 Å². The molecule has 4 heteroatoms. The van der Waals surface area contributed by atoms with Crippen LogP contribution in [0.2, 0.25) is 0 Å². The molecule has 0 aromatic rings. The van der Waals surface area contributed by atoms with E-state index >= 15 is 0 Å². The molecule has 0 aromatic heterocycles. The molecule has 3 nitrogen and oxygen atoms in total. The van der Waals surface area contributed by atoms with Gasteiger partial charge in [0.2, 0.25) is 0 Å². The summed E-state index contributed by atoms with van der Waals surface area (Å²) in [7, 11) is 0. The van der Waals surface area contributed by atoms with Gasteiger partial charge in [0.1, 0.15) is 0 Å². The van der Waals surface area contributed by atoms with Gasteiger partial charge in [-0.25, -0.2) is 0 Å². The van der Waals surface area contributed by atoms with Gasteiger partial charge in [-0.2, -0.15) is 0 Å². The topological polar surface area (TPSA) is 66.5 Å². The van der Waals surface area contributed by atoms with Crippen LogP contribution in [0.3, 0.4) is 0 Å². The minimum atomic E-state index is -0.167. The molecular formula is C10H27NO2Ti. The third-order valence-electron chi connectivity index (χ3n) is 0. The van der Waals surface area contributed by atoms with Crippen LogP contribution < -0.4 is 5.73 Å². The van der Waals surface area contributed by atoms with E-state index in [4.69, 9.17) is 15.9 Å². The molecule has 0 atom stereocenters. The van der Waals surface area contributed by atoms with Crippen molar-refractivity contribution in [1.29, 1.82) is 0 Å². The Balaban J connectivity index is -0.0000000522. The Kier molecular flexibility index (Phi) is 23.3. The maximum absolute atomic E-state index is 8.06. The van der Waals surface area contributed by atoms with Crippen LogP contribution >= 0.6 is 0 Å². The van der Waals surface area contributed by atoms with Crippen molar-refractivity contribution in [2.45, 2.75) is 66.2 Å². The van der Waals surface area contributed by atoms with E-state index in [9.17, 15) is 0 Å². The molecule has 0 radical (unpaired) electrons. The van der Waals surface area contributed by atoms with Crippen molar-refractivity contribution < 1.29 is 31.9 Å². The summed E-state index contributed by atoms with van der Waals surface area (Å²) in [5.74, 6) is 0. The summed E-state index contributed by atoms with van der Waals surface area (Å²) >= 11 is 0. The summed E-state index contributed by atoms with van der Waals surface area (Å²) < 4.78 is 0. The average molecular weight is 241 g/mol. The molecule has 0 bridgehead atoms. The van der Waals surface area contributed by atoms with Gasteiger partial charge in [-0.1, -0.05) is 0 Å². The normalized spacial score (nSPS) is 9.43. The summed E-state index contributed by atoms with van der Waals surface area (Å²) in [4.78, 5) is 0. The minimum Gasteiger partial charge on any atom is -0.394 e. The smallest absolute Gasteiger partial charge is 0.0483 e. The van der Waals surface area contributed by atoms with Crippen LogP contribution in [0.15, 0.2) is 0 Å². The Bertz CT molecular complexity index is 73.1. The third-order valence-corrected chi connectivity index (χ3v) is 0. The molecule has 0 saturated carbocycles. The molecule has 0 rings (SSSR count). The molecule has 88 valence electrons. The van der Waals surface area contributed by atoms with Gasteiger partial charge in [0, 0.05) is 39.5 Å². The number of nitrogens with two attached hydrogens (primary N) is 1. The molecule has 0 spiro atoms. The summed E-state index contributed by atoms with van der Waals surface area (Å²) in [6, 6.07) is 0. The molecule has 0 aliphatic heterocycles. The first kappa shape index (κ1) is 24.0. The molecule has 0 aliphatic rings. The van der Waals surface area contributed by atoms with E-state index in [1.54, 1.807) is 27.7 Å². The standard InChI is InChI=1S/C4H11N.2C3H8O.Ti/c1-4(2,3)5;2*1-3(2)4;/h5H2,1-3H3;2*3-4H,1-2H3;. The monoisotopic (exact) mass is 241 g/mol. The number of hydrogen-bond donors (Lipinski definition) is 3. The first-order valence-corrected chi connectivity index (χ1v) is 4.61. The SMILES string of the molecule is CC(C)(C)N.CC(C)O.CC(C)O.[Ti]. The number of hydrogen-bond acceptors (Lipinski definition) is 3. The van der Waals surface area contributed by atoms with Crippen molar-refractivity contribution in [3.05, 3.63) is 0 Å². The van der Waals surface area contributed by atoms with Crippen molar-refractivity contribution in [2.75, 3.05) is 0 Å². The second-order valence-corrected chi connectivity index (χ2v) is 4.55. The van der Waals surface area contributed by atoms with Crippen molar-refractivity contribution in [3.63, 3.8) is 0 Å². The fourth-order valence-corrected chi connectivity index (χ4v) is 0. The summed E-state index contributed by atoms with van der Waals surface area (Å²) in [6.45, 7) is 12.8. The molecule has 0 unspecified atom stereocenters. The van der Waals surface area contributed by atoms with E-state index in [0.29, 0.717) is 0 Å². The van der Waals surface area contributed by atoms with Crippen LogP contribution in [0.1, 0.15) is 48.5 Å². The third kappa shape index (κ3) is 4790. The fraction of sp³-hybridized carbons (Fsp3) is 1.00. The largest absolute Gasteiger partial charge is 0.394 e. The molecule has 0 amide bonds. The van der Waals surface area contributed by atoms with E-state index in [1.807, 2.05) is 20.8 Å². The fourth-order valence-electron chi connectivity index (χ4n) is 0. The Hall–Kier alpha value is 0.594. The molecular weight excluding hydrogens is 214 g/mol. The second kappa shape index (κ2) is 13.6. The number of aliphatic hydroxyl groups is 2. The predicted octanol–water partition coefficient (Wildman–Crippen LogP) is 1.52. The maximum atomic E-state index is 8.06. The molecule has 0 heterocycles. The molecule has 0 aliphatic carbocycles. The number of rotatable bonds is 0. The van der Waals surface area contributed by atoms with Gasteiger partial charge in [-0.05, 0) is 48.5 Å². The zero-order valence-corrected chi connectivity index (χ0v) is 12.2. The van der Waals surface area contributed by atoms with E-state index in [0.717, 1.165) is 0 Å². The average Bonchev–Trinajstić information content (AvgIpc) is 1.50. The van der Waals surface area contributed by atoms with Crippen LogP contribution in [0.5, 0.6) is 0 Å². The van der Waals surface area contributed by atoms with Crippen molar-refractivity contribution >= 4 is 0 Å². The first-order chi connectivity index (χ1) is 5.46. The second-order valence-electron chi connectivity index (χ2n) is 4.55. The molecule has 14 heavy (non-hydrogen) atoms. The van der Waals surface area contributed by atoms with Crippen LogP contribution in [0.4, 0.5) is 0 Å². The zero-order chi connectivity index (χ0) is 11.7. The summed E-state index contributed by atoms with van der Waals surface area (Å²) in [5.41, 5.74) is 5.35. The zero-order valence-electron chi connectivity index (χ0n) is 10.6. The molecule has 0 saturated heterocycles. The van der Waals surface area contributed by atoms with Gasteiger partial charge in [0.05, 0.1) is 0 Å². The Labute approximate surface area is 104 Å². The van der Waals surface area contributed by atoms with Crippen LogP contribution in [-0.2, 0) is 21.7 Å². The van der Waals surface area contributed by atoms with Crippen molar-refractivity contribution in [1.82, 2.24) is 0 Å². The Morgan fingerprint density at radius 2 is 0.857 bits per heavy atom. The molecule has 0 fully saturated rings. The summed E-state index contributed by atoms with van der Waals surface area (Å²) in [5, 5.41) is 16.1. The Morgan fingerprint density at radius 1 is 0.857 bits per heavy atom. The van der Waals surface area contributed by atoms with Crippen molar-refractivity contribution in [3.8, 4) is 0 Å². The molecule has 4 N–H and O–H groups in total. The van der Waals surface area contributed by atoms with Gasteiger partial charge in [-0.15, -0.1) is 0 Å². The van der Waals surface area contributed by atoms with Crippen LogP contribution in [-0.4, -0.2) is 28.0 Å². The van der Waals surface area contributed by atoms with Gasteiger partial charge in [0.15, 0.2) is 0 Å². The maximum Gasteiger partial charge on any atom is 0.0483 e. The van der Waals surface area contributed by atoms with Gasteiger partial charge < -0.3 is 15.9 Å². The van der Waals surface area contributed by atoms with E-state index < -0.39 is 0 Å².